The molecule has 0 bridgehead atoms. The molecule has 100 valence electrons. The van der Waals surface area contributed by atoms with Crippen molar-refractivity contribution in [2.75, 3.05) is 6.54 Å². The van der Waals surface area contributed by atoms with Crippen molar-refractivity contribution in [3.8, 4) is 0 Å². The Bertz CT molecular complexity index is 206. The maximum absolute atomic E-state index is 3.90. The Kier molecular flexibility index (Phi) is 5.34. The van der Waals surface area contributed by atoms with E-state index in [-0.39, 0.29) is 0 Å². The molecule has 2 fully saturated rings. The van der Waals surface area contributed by atoms with Crippen LogP contribution in [-0.4, -0.2) is 12.6 Å². The van der Waals surface area contributed by atoms with Gasteiger partial charge in [0.1, 0.15) is 0 Å². The van der Waals surface area contributed by atoms with Gasteiger partial charge in [0.25, 0.3) is 0 Å². The van der Waals surface area contributed by atoms with Crippen molar-refractivity contribution in [1.29, 1.82) is 0 Å². The van der Waals surface area contributed by atoms with Crippen molar-refractivity contribution in [3.05, 3.63) is 0 Å². The Balaban J connectivity index is 1.72. The SMILES string of the molecule is CC1CCCC(NCC2CCCCCC2)C1C. The topological polar surface area (TPSA) is 12.0 Å². The third kappa shape index (κ3) is 3.98. The van der Waals surface area contributed by atoms with Gasteiger partial charge >= 0.3 is 0 Å². The molecule has 0 saturated heterocycles. The summed E-state index contributed by atoms with van der Waals surface area (Å²) in [5.74, 6) is 2.78. The van der Waals surface area contributed by atoms with Crippen LogP contribution in [0.25, 0.3) is 0 Å². The molecule has 2 rings (SSSR count). The minimum atomic E-state index is 0.807. The molecule has 1 nitrogen and oxygen atoms in total. The highest BCUT2D eigenvalue weighted by molar-refractivity contribution is 4.83. The molecule has 2 saturated carbocycles. The van der Waals surface area contributed by atoms with Crippen LogP contribution in [0.4, 0.5) is 0 Å². The molecule has 0 amide bonds. The summed E-state index contributed by atoms with van der Waals surface area (Å²) in [4.78, 5) is 0. The monoisotopic (exact) mass is 237 g/mol. The van der Waals surface area contributed by atoms with Gasteiger partial charge in [0.2, 0.25) is 0 Å². The smallest absolute Gasteiger partial charge is 0.00953 e. The van der Waals surface area contributed by atoms with Gasteiger partial charge in [-0.3, -0.25) is 0 Å². The summed E-state index contributed by atoms with van der Waals surface area (Å²) >= 11 is 0. The summed E-state index contributed by atoms with van der Waals surface area (Å²) in [5, 5.41) is 3.90. The Morgan fingerprint density at radius 1 is 0.824 bits per heavy atom. The van der Waals surface area contributed by atoms with Crippen LogP contribution in [-0.2, 0) is 0 Å². The molecule has 2 aliphatic rings. The van der Waals surface area contributed by atoms with Crippen LogP contribution >= 0.6 is 0 Å². The van der Waals surface area contributed by atoms with E-state index in [0.717, 1.165) is 23.8 Å². The Hall–Kier alpha value is -0.0400. The number of hydrogen-bond acceptors (Lipinski definition) is 1. The van der Waals surface area contributed by atoms with E-state index in [1.807, 2.05) is 0 Å². The molecule has 0 heterocycles. The van der Waals surface area contributed by atoms with Crippen molar-refractivity contribution in [1.82, 2.24) is 5.32 Å². The molecule has 3 atom stereocenters. The first kappa shape index (κ1) is 13.4. The van der Waals surface area contributed by atoms with Crippen molar-refractivity contribution < 1.29 is 0 Å². The molecule has 3 unspecified atom stereocenters. The van der Waals surface area contributed by atoms with Crippen molar-refractivity contribution in [2.45, 2.75) is 77.7 Å². The first-order valence-corrected chi connectivity index (χ1v) is 8.00. The van der Waals surface area contributed by atoms with Gasteiger partial charge in [-0.1, -0.05) is 52.4 Å². The van der Waals surface area contributed by atoms with Crippen LogP contribution < -0.4 is 5.32 Å². The summed E-state index contributed by atoms with van der Waals surface area (Å²) in [7, 11) is 0. The van der Waals surface area contributed by atoms with E-state index in [4.69, 9.17) is 0 Å². The van der Waals surface area contributed by atoms with Gasteiger partial charge in [-0.25, -0.2) is 0 Å². The van der Waals surface area contributed by atoms with Crippen LogP contribution in [0.1, 0.15) is 71.6 Å². The highest BCUT2D eigenvalue weighted by Gasteiger charge is 2.27. The zero-order valence-electron chi connectivity index (χ0n) is 11.9. The fraction of sp³-hybridized carbons (Fsp3) is 1.00. The lowest BCUT2D eigenvalue weighted by molar-refractivity contribution is 0.198. The minimum Gasteiger partial charge on any atom is -0.313 e. The average molecular weight is 237 g/mol. The third-order valence-corrected chi connectivity index (χ3v) is 5.35. The normalized spacial score (nSPS) is 36.7. The second-order valence-electron chi connectivity index (χ2n) is 6.64. The molecule has 0 aromatic carbocycles. The molecule has 0 radical (unpaired) electrons. The van der Waals surface area contributed by atoms with Crippen molar-refractivity contribution in [2.24, 2.45) is 17.8 Å². The second kappa shape index (κ2) is 6.78. The van der Waals surface area contributed by atoms with E-state index in [2.05, 4.69) is 19.2 Å². The van der Waals surface area contributed by atoms with Crippen LogP contribution in [0.3, 0.4) is 0 Å². The lowest BCUT2D eigenvalue weighted by Crippen LogP contribution is -2.42. The summed E-state index contributed by atoms with van der Waals surface area (Å²) in [5.41, 5.74) is 0. The summed E-state index contributed by atoms with van der Waals surface area (Å²) < 4.78 is 0. The molecule has 2 aliphatic carbocycles. The van der Waals surface area contributed by atoms with Crippen LogP contribution in [0.2, 0.25) is 0 Å². The van der Waals surface area contributed by atoms with E-state index < -0.39 is 0 Å². The second-order valence-corrected chi connectivity index (χ2v) is 6.64. The minimum absolute atomic E-state index is 0.807. The molecular formula is C16H31N. The molecule has 1 N–H and O–H groups in total. The fourth-order valence-electron chi connectivity index (χ4n) is 3.76. The first-order chi connectivity index (χ1) is 8.27. The van der Waals surface area contributed by atoms with Gasteiger partial charge < -0.3 is 5.32 Å². The Morgan fingerprint density at radius 2 is 1.53 bits per heavy atom. The van der Waals surface area contributed by atoms with Gasteiger partial charge in [0.05, 0.1) is 0 Å². The number of nitrogens with one attached hydrogen (secondary N) is 1. The zero-order valence-corrected chi connectivity index (χ0v) is 11.9. The highest BCUT2D eigenvalue weighted by atomic mass is 14.9. The van der Waals surface area contributed by atoms with Gasteiger partial charge in [-0.15, -0.1) is 0 Å². The third-order valence-electron chi connectivity index (χ3n) is 5.35. The first-order valence-electron chi connectivity index (χ1n) is 8.00. The van der Waals surface area contributed by atoms with Crippen LogP contribution in [0.15, 0.2) is 0 Å². The van der Waals surface area contributed by atoms with Crippen molar-refractivity contribution >= 4 is 0 Å². The summed E-state index contributed by atoms with van der Waals surface area (Å²) in [6.07, 6.45) is 13.2. The Morgan fingerprint density at radius 3 is 2.24 bits per heavy atom. The molecule has 0 aliphatic heterocycles. The molecule has 0 aromatic rings. The van der Waals surface area contributed by atoms with E-state index in [0.29, 0.717) is 0 Å². The van der Waals surface area contributed by atoms with Gasteiger partial charge in [-0.2, -0.15) is 0 Å². The Labute approximate surface area is 108 Å². The molecule has 0 spiro atoms. The lowest BCUT2D eigenvalue weighted by atomic mass is 9.78. The molecular weight excluding hydrogens is 206 g/mol. The number of hydrogen-bond donors (Lipinski definition) is 1. The van der Waals surface area contributed by atoms with Crippen LogP contribution in [0, 0.1) is 17.8 Å². The fourth-order valence-corrected chi connectivity index (χ4v) is 3.76. The zero-order chi connectivity index (χ0) is 12.1. The van der Waals surface area contributed by atoms with Gasteiger partial charge in [-0.05, 0) is 43.6 Å². The van der Waals surface area contributed by atoms with E-state index >= 15 is 0 Å². The van der Waals surface area contributed by atoms with Gasteiger partial charge in [0, 0.05) is 6.04 Å². The average Bonchev–Trinajstić information content (AvgIpc) is 2.59. The predicted molar refractivity (Wildman–Crippen MR) is 75.2 cm³/mol. The molecule has 17 heavy (non-hydrogen) atoms. The quantitative estimate of drug-likeness (QED) is 0.719. The van der Waals surface area contributed by atoms with Crippen LogP contribution in [0.5, 0.6) is 0 Å². The molecule has 1 heteroatoms. The predicted octanol–water partition coefficient (Wildman–Crippen LogP) is 4.37. The van der Waals surface area contributed by atoms with Gasteiger partial charge in [0.15, 0.2) is 0 Å². The molecule has 0 aromatic heterocycles. The number of rotatable bonds is 3. The van der Waals surface area contributed by atoms with E-state index in [1.54, 1.807) is 0 Å². The maximum atomic E-state index is 3.90. The highest BCUT2D eigenvalue weighted by Crippen LogP contribution is 2.30. The van der Waals surface area contributed by atoms with E-state index in [1.165, 1.54) is 64.3 Å². The maximum Gasteiger partial charge on any atom is 0.00953 e. The summed E-state index contributed by atoms with van der Waals surface area (Å²) in [6, 6.07) is 0.807. The summed E-state index contributed by atoms with van der Waals surface area (Å²) in [6.45, 7) is 6.18. The largest absolute Gasteiger partial charge is 0.313 e. The standard InChI is InChI=1S/C16H31N/c1-13-8-7-11-16(14(13)2)17-12-15-9-5-3-4-6-10-15/h13-17H,3-12H2,1-2H3. The van der Waals surface area contributed by atoms with E-state index in [9.17, 15) is 0 Å². The van der Waals surface area contributed by atoms with Crippen molar-refractivity contribution in [3.63, 3.8) is 0 Å². The lowest BCUT2D eigenvalue weighted by Gasteiger charge is -2.35.